The monoisotopic (exact) mass is 365 g/mol. The fraction of sp³-hybridized carbons (Fsp3) is 0.0952. The summed E-state index contributed by atoms with van der Waals surface area (Å²) in [6.45, 7) is 0.487. The van der Waals surface area contributed by atoms with E-state index in [-0.39, 0.29) is 6.03 Å². The van der Waals surface area contributed by atoms with Crippen LogP contribution in [0.3, 0.4) is 0 Å². The number of para-hydroxylation sites is 1. The van der Waals surface area contributed by atoms with Crippen LogP contribution >= 0.6 is 11.6 Å². The van der Waals surface area contributed by atoms with Crippen molar-refractivity contribution in [3.63, 3.8) is 0 Å². The van der Waals surface area contributed by atoms with Gasteiger partial charge in [0.25, 0.3) is 0 Å². The van der Waals surface area contributed by atoms with Crippen molar-refractivity contribution in [1.82, 2.24) is 5.32 Å². The normalized spacial score (nSPS) is 10.3. The Hall–Kier alpha value is -2.98. The van der Waals surface area contributed by atoms with Crippen LogP contribution in [-0.2, 0) is 6.42 Å². The zero-order valence-corrected chi connectivity index (χ0v) is 15.0. The van der Waals surface area contributed by atoms with Crippen molar-refractivity contribution >= 4 is 34.7 Å². The molecule has 26 heavy (non-hydrogen) atoms. The Morgan fingerprint density at radius 3 is 2.19 bits per heavy atom. The van der Waals surface area contributed by atoms with Gasteiger partial charge < -0.3 is 11.1 Å². The number of nitrogens with one attached hydrogen (secondary N) is 1. The number of halogens is 1. The highest BCUT2D eigenvalue weighted by Gasteiger charge is 2.17. The largest absolute Gasteiger partial charge is 0.399 e. The van der Waals surface area contributed by atoms with Gasteiger partial charge in [0.1, 0.15) is 0 Å². The number of nitrogen functional groups attached to an aromatic ring is 1. The Bertz CT molecular complexity index is 866. The summed E-state index contributed by atoms with van der Waals surface area (Å²) in [5.74, 6) is 0. The van der Waals surface area contributed by atoms with Crippen molar-refractivity contribution in [2.24, 2.45) is 0 Å². The van der Waals surface area contributed by atoms with Gasteiger partial charge in [-0.25, -0.2) is 4.79 Å². The maximum absolute atomic E-state index is 12.9. The molecule has 4 nitrogen and oxygen atoms in total. The molecule has 0 saturated carbocycles. The number of urea groups is 1. The molecule has 3 aromatic rings. The molecular weight excluding hydrogens is 346 g/mol. The lowest BCUT2D eigenvalue weighted by Gasteiger charge is -2.23. The third-order valence-electron chi connectivity index (χ3n) is 4.00. The molecule has 132 valence electrons. The summed E-state index contributed by atoms with van der Waals surface area (Å²) >= 11 is 6.17. The number of amides is 2. The average Bonchev–Trinajstić information content (AvgIpc) is 2.66. The molecule has 3 aromatic carbocycles. The third kappa shape index (κ3) is 4.35. The van der Waals surface area contributed by atoms with Crippen LogP contribution in [0.4, 0.5) is 21.9 Å². The topological polar surface area (TPSA) is 58.4 Å². The minimum absolute atomic E-state index is 0.201. The number of anilines is 3. The van der Waals surface area contributed by atoms with Gasteiger partial charge in [-0.2, -0.15) is 0 Å². The van der Waals surface area contributed by atoms with Gasteiger partial charge in [-0.05, 0) is 54.4 Å². The van der Waals surface area contributed by atoms with E-state index >= 15 is 0 Å². The number of carbonyl (C=O) groups is 1. The van der Waals surface area contributed by atoms with Crippen molar-refractivity contribution < 1.29 is 4.79 Å². The van der Waals surface area contributed by atoms with Crippen molar-refractivity contribution in [2.75, 3.05) is 17.2 Å². The van der Waals surface area contributed by atoms with Crippen LogP contribution in [0.2, 0.25) is 5.02 Å². The van der Waals surface area contributed by atoms with Crippen molar-refractivity contribution in [1.29, 1.82) is 0 Å². The molecule has 0 atom stereocenters. The number of benzene rings is 3. The van der Waals surface area contributed by atoms with Gasteiger partial charge in [0, 0.05) is 17.3 Å². The van der Waals surface area contributed by atoms with E-state index < -0.39 is 0 Å². The summed E-state index contributed by atoms with van der Waals surface area (Å²) in [6.07, 6.45) is 0.662. The Balaban J connectivity index is 1.75. The fourth-order valence-electron chi connectivity index (χ4n) is 2.67. The number of nitrogens with zero attached hydrogens (tertiary/aromatic N) is 1. The van der Waals surface area contributed by atoms with E-state index in [1.165, 1.54) is 0 Å². The summed E-state index contributed by atoms with van der Waals surface area (Å²) in [7, 11) is 0. The lowest BCUT2D eigenvalue weighted by atomic mass is 10.1. The highest BCUT2D eigenvalue weighted by atomic mass is 35.5. The number of hydrogen-bond donors (Lipinski definition) is 2. The summed E-state index contributed by atoms with van der Waals surface area (Å²) in [6, 6.07) is 24.2. The minimum Gasteiger partial charge on any atom is -0.399 e. The maximum atomic E-state index is 12.9. The lowest BCUT2D eigenvalue weighted by Crippen LogP contribution is -2.37. The molecule has 0 aliphatic carbocycles. The molecule has 0 bridgehead atoms. The molecule has 0 spiro atoms. The van der Waals surface area contributed by atoms with Crippen LogP contribution in [0.25, 0.3) is 0 Å². The van der Waals surface area contributed by atoms with E-state index in [0.717, 1.165) is 16.9 Å². The van der Waals surface area contributed by atoms with Gasteiger partial charge in [0.15, 0.2) is 0 Å². The molecule has 0 aliphatic heterocycles. The molecule has 2 amide bonds. The van der Waals surface area contributed by atoms with E-state index in [4.69, 9.17) is 17.3 Å². The van der Waals surface area contributed by atoms with Gasteiger partial charge in [0.05, 0.1) is 11.4 Å². The zero-order valence-electron chi connectivity index (χ0n) is 14.2. The molecule has 0 saturated heterocycles. The fourth-order valence-corrected chi connectivity index (χ4v) is 2.90. The number of rotatable bonds is 5. The predicted molar refractivity (Wildman–Crippen MR) is 108 cm³/mol. The van der Waals surface area contributed by atoms with Crippen molar-refractivity contribution in [3.05, 3.63) is 89.4 Å². The maximum Gasteiger partial charge on any atom is 0.326 e. The van der Waals surface area contributed by atoms with Gasteiger partial charge in [-0.15, -0.1) is 0 Å². The number of carbonyl (C=O) groups excluding carboxylic acids is 1. The molecule has 0 radical (unpaired) electrons. The highest BCUT2D eigenvalue weighted by Crippen LogP contribution is 2.26. The van der Waals surface area contributed by atoms with Gasteiger partial charge in [-0.1, -0.05) is 48.0 Å². The first-order valence-corrected chi connectivity index (χ1v) is 8.75. The first kappa shape index (κ1) is 17.8. The molecule has 0 aromatic heterocycles. The van der Waals surface area contributed by atoms with Crippen molar-refractivity contribution in [3.8, 4) is 0 Å². The smallest absolute Gasteiger partial charge is 0.326 e. The van der Waals surface area contributed by atoms with Crippen LogP contribution in [0, 0.1) is 0 Å². The molecule has 3 N–H and O–H groups in total. The second kappa shape index (κ2) is 8.41. The molecule has 5 heteroatoms. The molecule has 0 unspecified atom stereocenters. The summed E-state index contributed by atoms with van der Waals surface area (Å²) < 4.78 is 0. The van der Waals surface area contributed by atoms with Gasteiger partial charge in [-0.3, -0.25) is 4.90 Å². The third-order valence-corrected chi connectivity index (χ3v) is 4.37. The first-order valence-electron chi connectivity index (χ1n) is 8.37. The van der Waals surface area contributed by atoms with Crippen LogP contribution in [0.1, 0.15) is 5.56 Å². The average molecular weight is 366 g/mol. The van der Waals surface area contributed by atoms with E-state index in [0.29, 0.717) is 23.7 Å². The number of nitrogens with two attached hydrogens (primary N) is 1. The Morgan fingerprint density at radius 2 is 1.50 bits per heavy atom. The second-order valence-electron chi connectivity index (χ2n) is 5.84. The zero-order chi connectivity index (χ0) is 18.4. The molecule has 0 heterocycles. The van der Waals surface area contributed by atoms with E-state index in [9.17, 15) is 4.79 Å². The van der Waals surface area contributed by atoms with Crippen LogP contribution < -0.4 is 16.0 Å². The van der Waals surface area contributed by atoms with Gasteiger partial charge >= 0.3 is 6.03 Å². The predicted octanol–water partition coefficient (Wildman–Crippen LogP) is 5.01. The standard InChI is InChI=1S/C21H20ClN3O/c22-20-9-5-4-6-16(20)14-15-24-21(26)25(18-7-2-1-3-8-18)19-12-10-17(23)11-13-19/h1-13H,14-15,23H2,(H,24,26). The highest BCUT2D eigenvalue weighted by molar-refractivity contribution is 6.31. The molecular formula is C21H20ClN3O. The van der Waals surface area contributed by atoms with Crippen LogP contribution in [0.15, 0.2) is 78.9 Å². The molecule has 0 aliphatic rings. The quantitative estimate of drug-likeness (QED) is 0.624. The summed E-state index contributed by atoms with van der Waals surface area (Å²) in [5.41, 5.74) is 8.97. The van der Waals surface area contributed by atoms with Crippen LogP contribution in [0.5, 0.6) is 0 Å². The Labute approximate surface area is 158 Å². The second-order valence-corrected chi connectivity index (χ2v) is 6.24. The van der Waals surface area contributed by atoms with Crippen LogP contribution in [-0.4, -0.2) is 12.6 Å². The van der Waals surface area contributed by atoms with E-state index in [1.54, 1.807) is 17.0 Å². The van der Waals surface area contributed by atoms with Gasteiger partial charge in [0.2, 0.25) is 0 Å². The lowest BCUT2D eigenvalue weighted by molar-refractivity contribution is 0.248. The minimum atomic E-state index is -0.201. The summed E-state index contributed by atoms with van der Waals surface area (Å²) in [5, 5.41) is 3.68. The molecule has 3 rings (SSSR count). The SMILES string of the molecule is Nc1ccc(N(C(=O)NCCc2ccccc2Cl)c2ccccc2)cc1. The summed E-state index contributed by atoms with van der Waals surface area (Å²) in [4.78, 5) is 14.5. The first-order chi connectivity index (χ1) is 12.6. The van der Waals surface area contributed by atoms with Crippen molar-refractivity contribution in [2.45, 2.75) is 6.42 Å². The number of hydrogen-bond acceptors (Lipinski definition) is 2. The Morgan fingerprint density at radius 1 is 0.885 bits per heavy atom. The molecule has 0 fully saturated rings. The van der Waals surface area contributed by atoms with E-state index in [1.807, 2.05) is 66.7 Å². The van der Waals surface area contributed by atoms with E-state index in [2.05, 4.69) is 5.32 Å². The Kier molecular flexibility index (Phi) is 5.77.